The van der Waals surface area contributed by atoms with Crippen molar-refractivity contribution in [3.63, 3.8) is 0 Å². The van der Waals surface area contributed by atoms with Crippen molar-refractivity contribution in [2.45, 2.75) is 18.8 Å². The maximum Gasteiger partial charge on any atom is 0.171 e. The van der Waals surface area contributed by atoms with E-state index in [0.29, 0.717) is 0 Å². The molecule has 1 atom stereocenters. The van der Waals surface area contributed by atoms with E-state index in [1.807, 2.05) is 42.5 Å². The van der Waals surface area contributed by atoms with E-state index < -0.39 is 0 Å². The summed E-state index contributed by atoms with van der Waals surface area (Å²) in [5.41, 5.74) is 4.19. The van der Waals surface area contributed by atoms with Crippen LogP contribution in [0.25, 0.3) is 10.9 Å². The van der Waals surface area contributed by atoms with E-state index in [0.717, 1.165) is 29.3 Å². The lowest BCUT2D eigenvalue weighted by Gasteiger charge is -2.12. The molecule has 0 aliphatic heterocycles. The number of carbonyl (C=O) groups is 1. The van der Waals surface area contributed by atoms with E-state index in [9.17, 15) is 4.79 Å². The van der Waals surface area contributed by atoms with Crippen LogP contribution in [-0.4, -0.2) is 10.8 Å². The molecule has 0 saturated heterocycles. The molecule has 2 aromatic carbocycles. The molecule has 102 valence electrons. The first kappa shape index (κ1) is 12.3. The quantitative estimate of drug-likeness (QED) is 0.657. The van der Waals surface area contributed by atoms with Crippen LogP contribution >= 0.6 is 0 Å². The molecular weight excluding hydrogens is 258 g/mol. The van der Waals surface area contributed by atoms with Gasteiger partial charge in [0.05, 0.1) is 5.52 Å². The third-order valence-corrected chi connectivity index (χ3v) is 4.36. The number of aryl methyl sites for hydroxylation is 1. The van der Waals surface area contributed by atoms with Crippen molar-refractivity contribution in [3.8, 4) is 0 Å². The summed E-state index contributed by atoms with van der Waals surface area (Å²) in [7, 11) is 0. The molecule has 0 spiro atoms. The van der Waals surface area contributed by atoms with Crippen molar-refractivity contribution in [1.29, 1.82) is 0 Å². The summed E-state index contributed by atoms with van der Waals surface area (Å²) < 4.78 is 0. The highest BCUT2D eigenvalue weighted by molar-refractivity contribution is 6.10. The average molecular weight is 273 g/mol. The Morgan fingerprint density at radius 1 is 1.00 bits per heavy atom. The number of hydrogen-bond acceptors (Lipinski definition) is 2. The molecule has 0 bridgehead atoms. The predicted octanol–water partition coefficient (Wildman–Crippen LogP) is 4.15. The zero-order chi connectivity index (χ0) is 14.2. The fraction of sp³-hybridized carbons (Fsp3) is 0.158. The molecule has 0 fully saturated rings. The van der Waals surface area contributed by atoms with Crippen LogP contribution in [0.15, 0.2) is 60.8 Å². The van der Waals surface area contributed by atoms with Gasteiger partial charge in [-0.1, -0.05) is 42.5 Å². The van der Waals surface area contributed by atoms with Crippen LogP contribution < -0.4 is 0 Å². The molecule has 0 radical (unpaired) electrons. The molecule has 1 heterocycles. The van der Waals surface area contributed by atoms with E-state index in [4.69, 9.17) is 0 Å². The molecule has 3 aromatic rings. The van der Waals surface area contributed by atoms with Crippen LogP contribution in [0.3, 0.4) is 0 Å². The van der Waals surface area contributed by atoms with Crippen LogP contribution in [0.4, 0.5) is 0 Å². The predicted molar refractivity (Wildman–Crippen MR) is 83.6 cm³/mol. The van der Waals surface area contributed by atoms with Gasteiger partial charge >= 0.3 is 0 Å². The maximum atomic E-state index is 13.0. The lowest BCUT2D eigenvalue weighted by molar-refractivity contribution is 0.0961. The summed E-state index contributed by atoms with van der Waals surface area (Å²) >= 11 is 0. The summed E-state index contributed by atoms with van der Waals surface area (Å²) in [4.78, 5) is 17.3. The number of nitrogens with zero attached hydrogens (tertiary/aromatic N) is 1. The average Bonchev–Trinajstić information content (AvgIpc) is 2.98. The summed E-state index contributed by atoms with van der Waals surface area (Å²) in [6.07, 6.45) is 3.67. The van der Waals surface area contributed by atoms with Gasteiger partial charge in [-0.05, 0) is 36.1 Å². The van der Waals surface area contributed by atoms with E-state index in [1.54, 1.807) is 6.20 Å². The highest BCUT2D eigenvalue weighted by atomic mass is 16.1. The van der Waals surface area contributed by atoms with Crippen LogP contribution in [0.5, 0.6) is 0 Å². The van der Waals surface area contributed by atoms with Crippen molar-refractivity contribution in [3.05, 3.63) is 77.5 Å². The lowest BCUT2D eigenvalue weighted by atomic mass is 9.90. The monoisotopic (exact) mass is 273 g/mol. The number of fused-ring (bicyclic) bond motifs is 2. The first-order chi connectivity index (χ1) is 10.3. The molecule has 1 aromatic heterocycles. The Morgan fingerprint density at radius 2 is 1.90 bits per heavy atom. The Hall–Kier alpha value is -2.48. The van der Waals surface area contributed by atoms with E-state index >= 15 is 0 Å². The van der Waals surface area contributed by atoms with Crippen LogP contribution in [0.1, 0.15) is 33.8 Å². The minimum absolute atomic E-state index is 0.00740. The largest absolute Gasteiger partial charge is 0.293 e. The van der Waals surface area contributed by atoms with Crippen molar-refractivity contribution < 1.29 is 4.79 Å². The number of ketones is 1. The number of Topliss-reactive ketones (excluding diaryl/α,β-unsaturated/α-hetero) is 1. The van der Waals surface area contributed by atoms with Crippen LogP contribution in [-0.2, 0) is 6.42 Å². The molecule has 21 heavy (non-hydrogen) atoms. The Bertz CT molecular complexity index is 832. The Labute approximate surface area is 123 Å². The Balaban J connectivity index is 1.82. The smallest absolute Gasteiger partial charge is 0.171 e. The highest BCUT2D eigenvalue weighted by Crippen LogP contribution is 2.36. The van der Waals surface area contributed by atoms with Gasteiger partial charge in [0.15, 0.2) is 5.78 Å². The zero-order valence-electron chi connectivity index (χ0n) is 11.6. The molecule has 2 heteroatoms. The van der Waals surface area contributed by atoms with Gasteiger partial charge in [-0.3, -0.25) is 9.78 Å². The molecule has 0 N–H and O–H groups in total. The maximum absolute atomic E-state index is 13.0. The van der Waals surface area contributed by atoms with Crippen molar-refractivity contribution in [1.82, 2.24) is 4.98 Å². The van der Waals surface area contributed by atoms with Gasteiger partial charge in [-0.15, -0.1) is 0 Å². The topological polar surface area (TPSA) is 30.0 Å². The third kappa shape index (κ3) is 1.95. The minimum Gasteiger partial charge on any atom is -0.293 e. The van der Waals surface area contributed by atoms with Crippen molar-refractivity contribution in [2.24, 2.45) is 0 Å². The lowest BCUT2D eigenvalue weighted by Crippen LogP contribution is -2.10. The fourth-order valence-electron chi connectivity index (χ4n) is 3.34. The van der Waals surface area contributed by atoms with E-state index in [2.05, 4.69) is 17.1 Å². The van der Waals surface area contributed by atoms with Gasteiger partial charge in [-0.25, -0.2) is 0 Å². The first-order valence-corrected chi connectivity index (χ1v) is 7.30. The summed E-state index contributed by atoms with van der Waals surface area (Å²) in [6, 6.07) is 18.0. The van der Waals surface area contributed by atoms with E-state index in [-0.39, 0.29) is 11.7 Å². The number of pyridine rings is 1. The standard InChI is InChI=1S/C19H15NO/c21-19(17-11-10-13-5-1-2-6-14(13)17)16-7-3-9-18-15(16)8-4-12-20-18/h1-9,12,17H,10-11H2. The molecular formula is C19H15NO. The second-order valence-corrected chi connectivity index (χ2v) is 5.53. The Morgan fingerprint density at radius 3 is 2.86 bits per heavy atom. The van der Waals surface area contributed by atoms with Crippen LogP contribution in [0, 0.1) is 0 Å². The summed E-state index contributed by atoms with van der Waals surface area (Å²) in [6.45, 7) is 0. The van der Waals surface area contributed by atoms with Crippen molar-refractivity contribution in [2.75, 3.05) is 0 Å². The SMILES string of the molecule is O=C(c1cccc2ncccc12)C1CCc2ccccc21. The zero-order valence-corrected chi connectivity index (χ0v) is 11.6. The van der Waals surface area contributed by atoms with Crippen LogP contribution in [0.2, 0.25) is 0 Å². The second-order valence-electron chi connectivity index (χ2n) is 5.53. The first-order valence-electron chi connectivity index (χ1n) is 7.30. The number of benzene rings is 2. The number of hydrogen-bond donors (Lipinski definition) is 0. The molecule has 1 aliphatic carbocycles. The number of rotatable bonds is 2. The van der Waals surface area contributed by atoms with Gasteiger partial charge in [0.2, 0.25) is 0 Å². The number of carbonyl (C=O) groups excluding carboxylic acids is 1. The summed E-state index contributed by atoms with van der Waals surface area (Å²) in [5.74, 6) is 0.213. The molecule has 1 unspecified atom stereocenters. The molecule has 1 aliphatic rings. The fourth-order valence-corrected chi connectivity index (χ4v) is 3.34. The third-order valence-electron chi connectivity index (χ3n) is 4.36. The van der Waals surface area contributed by atoms with Gasteiger partial charge in [0, 0.05) is 23.1 Å². The van der Waals surface area contributed by atoms with Gasteiger partial charge in [0.1, 0.15) is 0 Å². The second kappa shape index (κ2) is 4.81. The molecule has 2 nitrogen and oxygen atoms in total. The number of aromatic nitrogens is 1. The Kier molecular flexibility index (Phi) is 2.81. The molecule has 0 saturated carbocycles. The normalized spacial score (nSPS) is 16.9. The van der Waals surface area contributed by atoms with Gasteiger partial charge in [0.25, 0.3) is 0 Å². The van der Waals surface area contributed by atoms with Gasteiger partial charge in [-0.2, -0.15) is 0 Å². The summed E-state index contributed by atoms with van der Waals surface area (Å²) in [5, 5.41) is 0.953. The van der Waals surface area contributed by atoms with Gasteiger partial charge < -0.3 is 0 Å². The van der Waals surface area contributed by atoms with Crippen molar-refractivity contribution >= 4 is 16.7 Å². The minimum atomic E-state index is -0.00740. The molecule has 4 rings (SSSR count). The van der Waals surface area contributed by atoms with E-state index in [1.165, 1.54) is 11.1 Å². The highest BCUT2D eigenvalue weighted by Gasteiger charge is 2.29. The molecule has 0 amide bonds.